The van der Waals surface area contributed by atoms with Crippen molar-refractivity contribution in [2.75, 3.05) is 26.7 Å². The first kappa shape index (κ1) is 21.5. The maximum atomic E-state index is 11.6. The summed E-state index contributed by atoms with van der Waals surface area (Å²) in [5, 5.41) is 9.87. The molecule has 1 saturated heterocycles. The minimum atomic E-state index is 0. The molecule has 0 radical (unpaired) electrons. The van der Waals surface area contributed by atoms with Crippen molar-refractivity contribution < 1.29 is 4.79 Å². The molecule has 1 aliphatic heterocycles. The van der Waals surface area contributed by atoms with Crippen molar-refractivity contribution in [1.29, 1.82) is 0 Å². The summed E-state index contributed by atoms with van der Waals surface area (Å²) in [7, 11) is 1.80. The average Bonchev–Trinajstić information content (AvgIpc) is 3.24. The SMILES string of the molecule is CN=C(NCCCC(=O)NC1CC1)NC1CN(C(C)C)CC1C.I. The van der Waals surface area contributed by atoms with E-state index in [2.05, 4.69) is 46.6 Å². The van der Waals surface area contributed by atoms with Crippen LogP contribution in [0.1, 0.15) is 46.5 Å². The Morgan fingerprint density at radius 3 is 2.50 bits per heavy atom. The fourth-order valence-electron chi connectivity index (χ4n) is 2.97. The van der Waals surface area contributed by atoms with Gasteiger partial charge >= 0.3 is 0 Å². The molecule has 1 saturated carbocycles. The molecule has 2 rings (SSSR count). The molecule has 0 aromatic heterocycles. The first-order chi connectivity index (χ1) is 11.0. The Bertz CT molecular complexity index is 425. The summed E-state index contributed by atoms with van der Waals surface area (Å²) in [6.07, 6.45) is 3.71. The van der Waals surface area contributed by atoms with Crippen LogP contribution in [0, 0.1) is 5.92 Å². The fraction of sp³-hybridized carbons (Fsp3) is 0.882. The largest absolute Gasteiger partial charge is 0.356 e. The van der Waals surface area contributed by atoms with Gasteiger partial charge in [-0.1, -0.05) is 6.92 Å². The van der Waals surface area contributed by atoms with E-state index in [1.165, 1.54) is 0 Å². The number of nitrogens with one attached hydrogen (secondary N) is 3. The Morgan fingerprint density at radius 1 is 1.25 bits per heavy atom. The van der Waals surface area contributed by atoms with Gasteiger partial charge in [-0.25, -0.2) is 0 Å². The standard InChI is InChI=1S/C17H33N5O.HI/c1-12(2)22-10-13(3)15(11-22)21-17(18-4)19-9-5-6-16(23)20-14-7-8-14;/h12-15H,5-11H2,1-4H3,(H,20,23)(H2,18,19,21);1H. The molecule has 24 heavy (non-hydrogen) atoms. The Kier molecular flexibility index (Phi) is 9.33. The number of rotatable bonds is 7. The summed E-state index contributed by atoms with van der Waals surface area (Å²) >= 11 is 0. The zero-order valence-corrected chi connectivity index (χ0v) is 17.8. The van der Waals surface area contributed by atoms with Gasteiger partial charge in [-0.05, 0) is 39.0 Å². The number of likely N-dealkylation sites (tertiary alicyclic amines) is 1. The molecule has 2 fully saturated rings. The van der Waals surface area contributed by atoms with E-state index in [1.54, 1.807) is 7.05 Å². The topological polar surface area (TPSA) is 68.8 Å². The molecule has 140 valence electrons. The van der Waals surface area contributed by atoms with E-state index in [0.717, 1.165) is 44.9 Å². The molecule has 2 unspecified atom stereocenters. The molecule has 7 heteroatoms. The zero-order chi connectivity index (χ0) is 16.8. The third-order valence-corrected chi connectivity index (χ3v) is 4.73. The number of amides is 1. The number of nitrogens with zero attached hydrogens (tertiary/aromatic N) is 2. The number of aliphatic imine (C=N–C) groups is 1. The quantitative estimate of drug-likeness (QED) is 0.238. The van der Waals surface area contributed by atoms with Crippen LogP contribution in [0.15, 0.2) is 4.99 Å². The Balaban J connectivity index is 0.00000288. The second-order valence-electron chi connectivity index (χ2n) is 7.22. The predicted molar refractivity (Wildman–Crippen MR) is 110 cm³/mol. The molecule has 1 aliphatic carbocycles. The molecule has 3 N–H and O–H groups in total. The van der Waals surface area contributed by atoms with Crippen molar-refractivity contribution in [3.63, 3.8) is 0 Å². The molecule has 0 aromatic carbocycles. The zero-order valence-electron chi connectivity index (χ0n) is 15.5. The molecule has 6 nitrogen and oxygen atoms in total. The van der Waals surface area contributed by atoms with Crippen molar-refractivity contribution in [1.82, 2.24) is 20.9 Å². The van der Waals surface area contributed by atoms with Crippen molar-refractivity contribution in [3.05, 3.63) is 0 Å². The summed E-state index contributed by atoms with van der Waals surface area (Å²) in [5.74, 6) is 1.63. The van der Waals surface area contributed by atoms with Crippen molar-refractivity contribution >= 4 is 35.8 Å². The smallest absolute Gasteiger partial charge is 0.220 e. The minimum Gasteiger partial charge on any atom is -0.356 e. The molecular formula is C17H34IN5O. The maximum absolute atomic E-state index is 11.6. The monoisotopic (exact) mass is 451 g/mol. The summed E-state index contributed by atoms with van der Waals surface area (Å²) in [5.41, 5.74) is 0. The molecule has 0 bridgehead atoms. The number of hydrogen-bond acceptors (Lipinski definition) is 3. The fourth-order valence-corrected chi connectivity index (χ4v) is 2.97. The summed E-state index contributed by atoms with van der Waals surface area (Å²) < 4.78 is 0. The number of guanidine groups is 1. The lowest BCUT2D eigenvalue weighted by Crippen LogP contribution is -2.47. The van der Waals surface area contributed by atoms with E-state index in [0.29, 0.717) is 30.5 Å². The number of carbonyl (C=O) groups excluding carboxylic acids is 1. The lowest BCUT2D eigenvalue weighted by atomic mass is 10.1. The highest BCUT2D eigenvalue weighted by Gasteiger charge is 2.31. The van der Waals surface area contributed by atoms with Crippen molar-refractivity contribution in [2.24, 2.45) is 10.9 Å². The van der Waals surface area contributed by atoms with Gasteiger partial charge in [0.15, 0.2) is 5.96 Å². The van der Waals surface area contributed by atoms with E-state index in [1.807, 2.05) is 0 Å². The van der Waals surface area contributed by atoms with Crippen molar-refractivity contribution in [3.8, 4) is 0 Å². The van der Waals surface area contributed by atoms with Gasteiger partial charge in [-0.3, -0.25) is 14.7 Å². The molecule has 0 aromatic rings. The van der Waals surface area contributed by atoms with Gasteiger partial charge in [-0.2, -0.15) is 0 Å². The summed E-state index contributed by atoms with van der Waals surface area (Å²) in [6, 6.07) is 1.48. The minimum absolute atomic E-state index is 0. The third-order valence-electron chi connectivity index (χ3n) is 4.73. The Labute approximate surface area is 163 Å². The van der Waals surface area contributed by atoms with Crippen LogP contribution in [-0.2, 0) is 4.79 Å². The van der Waals surface area contributed by atoms with E-state index >= 15 is 0 Å². The van der Waals surface area contributed by atoms with Crippen LogP contribution in [0.25, 0.3) is 0 Å². The van der Waals surface area contributed by atoms with E-state index < -0.39 is 0 Å². The van der Waals surface area contributed by atoms with Gasteiger partial charge in [0, 0.05) is 51.2 Å². The predicted octanol–water partition coefficient (Wildman–Crippen LogP) is 1.56. The van der Waals surface area contributed by atoms with Crippen LogP contribution >= 0.6 is 24.0 Å². The summed E-state index contributed by atoms with van der Waals surface area (Å²) in [6.45, 7) is 9.74. The van der Waals surface area contributed by atoms with E-state index in [4.69, 9.17) is 0 Å². The van der Waals surface area contributed by atoms with Gasteiger partial charge in [0.2, 0.25) is 5.91 Å². The van der Waals surface area contributed by atoms with E-state index in [-0.39, 0.29) is 29.9 Å². The molecule has 1 heterocycles. The number of halogens is 1. The van der Waals surface area contributed by atoms with Gasteiger partial charge in [0.25, 0.3) is 0 Å². The van der Waals surface area contributed by atoms with Crippen LogP contribution in [0.3, 0.4) is 0 Å². The second kappa shape index (κ2) is 10.4. The van der Waals surface area contributed by atoms with Crippen LogP contribution in [0.2, 0.25) is 0 Å². The Morgan fingerprint density at radius 2 is 1.96 bits per heavy atom. The lowest BCUT2D eigenvalue weighted by molar-refractivity contribution is -0.121. The lowest BCUT2D eigenvalue weighted by Gasteiger charge is -2.21. The first-order valence-corrected chi connectivity index (χ1v) is 9.00. The molecule has 1 amide bonds. The molecule has 2 aliphatic rings. The van der Waals surface area contributed by atoms with Crippen molar-refractivity contribution in [2.45, 2.75) is 64.6 Å². The first-order valence-electron chi connectivity index (χ1n) is 9.00. The second-order valence-corrected chi connectivity index (χ2v) is 7.22. The van der Waals surface area contributed by atoms with Crippen LogP contribution in [0.5, 0.6) is 0 Å². The summed E-state index contributed by atoms with van der Waals surface area (Å²) in [4.78, 5) is 18.4. The van der Waals surface area contributed by atoms with Crippen LogP contribution in [-0.4, -0.2) is 61.6 Å². The van der Waals surface area contributed by atoms with Crippen LogP contribution < -0.4 is 16.0 Å². The van der Waals surface area contributed by atoms with Crippen LogP contribution in [0.4, 0.5) is 0 Å². The van der Waals surface area contributed by atoms with Gasteiger partial charge < -0.3 is 16.0 Å². The molecule has 2 atom stereocenters. The number of carbonyl (C=O) groups is 1. The third kappa shape index (κ3) is 7.13. The normalized spacial score (nSPS) is 24.6. The molecule has 0 spiro atoms. The highest BCUT2D eigenvalue weighted by atomic mass is 127. The maximum Gasteiger partial charge on any atom is 0.220 e. The average molecular weight is 451 g/mol. The van der Waals surface area contributed by atoms with Gasteiger partial charge in [0.1, 0.15) is 0 Å². The molecular weight excluding hydrogens is 417 g/mol. The number of hydrogen-bond donors (Lipinski definition) is 3. The van der Waals surface area contributed by atoms with Gasteiger partial charge in [0.05, 0.1) is 0 Å². The highest BCUT2D eigenvalue weighted by Crippen LogP contribution is 2.19. The highest BCUT2D eigenvalue weighted by molar-refractivity contribution is 14.0. The van der Waals surface area contributed by atoms with Gasteiger partial charge in [-0.15, -0.1) is 24.0 Å². The van der Waals surface area contributed by atoms with E-state index in [9.17, 15) is 4.79 Å². The Hall–Kier alpha value is -0.570.